The summed E-state index contributed by atoms with van der Waals surface area (Å²) >= 11 is 6.25. The lowest BCUT2D eigenvalue weighted by Gasteiger charge is -2.31. The molecule has 0 aliphatic rings. The van der Waals surface area contributed by atoms with Crippen molar-refractivity contribution in [2.45, 2.75) is 24.8 Å². The molecule has 152 valence electrons. The first-order valence-corrected chi connectivity index (χ1v) is 10.7. The van der Waals surface area contributed by atoms with E-state index in [1.54, 1.807) is 20.3 Å². The standard InChI is InChI=1S/C23H24ClNO3S/c1-16-8-11-21(12-9-16)29(26)25(19-7-5-6-18(24)14-19)17(2)22-15-20(27-3)10-13-23(22)28-4/h5-15,17H,1-4H3. The van der Waals surface area contributed by atoms with Crippen LogP contribution in [0.3, 0.4) is 0 Å². The van der Waals surface area contributed by atoms with Gasteiger partial charge in [-0.1, -0.05) is 35.4 Å². The Morgan fingerprint density at radius 1 is 0.966 bits per heavy atom. The number of halogens is 1. The normalized spacial score (nSPS) is 12.9. The van der Waals surface area contributed by atoms with E-state index in [1.807, 2.05) is 78.8 Å². The second-order valence-electron chi connectivity index (χ2n) is 6.65. The summed E-state index contributed by atoms with van der Waals surface area (Å²) in [6.07, 6.45) is 0. The SMILES string of the molecule is COc1ccc(OC)c(C(C)N(c2cccc(Cl)c2)S(=O)c2ccc(C)cc2)c1. The number of ether oxygens (including phenoxy) is 2. The zero-order valence-electron chi connectivity index (χ0n) is 16.9. The number of anilines is 1. The van der Waals surface area contributed by atoms with Gasteiger partial charge >= 0.3 is 0 Å². The third-order valence-electron chi connectivity index (χ3n) is 4.70. The molecule has 4 nitrogen and oxygen atoms in total. The van der Waals surface area contributed by atoms with Gasteiger partial charge in [-0.05, 0) is 62.4 Å². The van der Waals surface area contributed by atoms with E-state index < -0.39 is 11.0 Å². The van der Waals surface area contributed by atoms with Gasteiger partial charge in [-0.25, -0.2) is 4.21 Å². The van der Waals surface area contributed by atoms with Gasteiger partial charge in [-0.3, -0.25) is 4.31 Å². The van der Waals surface area contributed by atoms with Crippen molar-refractivity contribution in [2.24, 2.45) is 0 Å². The van der Waals surface area contributed by atoms with Gasteiger partial charge in [0.25, 0.3) is 0 Å². The molecule has 0 saturated heterocycles. The third kappa shape index (κ3) is 4.74. The molecule has 0 bridgehead atoms. The van der Waals surface area contributed by atoms with Gasteiger partial charge in [0.05, 0.1) is 30.8 Å². The summed E-state index contributed by atoms with van der Waals surface area (Å²) in [5.41, 5.74) is 2.74. The van der Waals surface area contributed by atoms with Crippen LogP contribution in [-0.2, 0) is 11.0 Å². The zero-order valence-corrected chi connectivity index (χ0v) is 18.5. The van der Waals surface area contributed by atoms with Crippen molar-refractivity contribution in [1.29, 1.82) is 0 Å². The molecule has 0 fully saturated rings. The van der Waals surface area contributed by atoms with E-state index in [2.05, 4.69) is 0 Å². The molecule has 0 aromatic heterocycles. The minimum atomic E-state index is -1.46. The van der Waals surface area contributed by atoms with Crippen LogP contribution in [0.2, 0.25) is 5.02 Å². The van der Waals surface area contributed by atoms with E-state index in [0.717, 1.165) is 16.8 Å². The molecule has 29 heavy (non-hydrogen) atoms. The summed E-state index contributed by atoms with van der Waals surface area (Å²) in [6, 6.07) is 20.4. The van der Waals surface area contributed by atoms with Crippen molar-refractivity contribution < 1.29 is 13.7 Å². The van der Waals surface area contributed by atoms with Gasteiger partial charge < -0.3 is 9.47 Å². The van der Waals surface area contributed by atoms with Gasteiger partial charge in [0, 0.05) is 10.6 Å². The lowest BCUT2D eigenvalue weighted by atomic mass is 10.1. The maximum atomic E-state index is 13.7. The highest BCUT2D eigenvalue weighted by atomic mass is 35.5. The Kier molecular flexibility index (Phi) is 6.83. The quantitative estimate of drug-likeness (QED) is 0.465. The van der Waals surface area contributed by atoms with Crippen LogP contribution in [-0.4, -0.2) is 18.4 Å². The fourth-order valence-corrected chi connectivity index (χ4v) is 4.62. The minimum Gasteiger partial charge on any atom is -0.497 e. The Labute approximate surface area is 179 Å². The average molecular weight is 430 g/mol. The van der Waals surface area contributed by atoms with Crippen molar-refractivity contribution in [3.8, 4) is 11.5 Å². The van der Waals surface area contributed by atoms with Crippen molar-refractivity contribution in [2.75, 3.05) is 18.5 Å². The average Bonchev–Trinajstić information content (AvgIpc) is 2.73. The maximum absolute atomic E-state index is 13.7. The van der Waals surface area contributed by atoms with E-state index in [-0.39, 0.29) is 6.04 Å². The predicted molar refractivity (Wildman–Crippen MR) is 119 cm³/mol. The van der Waals surface area contributed by atoms with Gasteiger partial charge in [0.2, 0.25) is 0 Å². The Bertz CT molecular complexity index is 1010. The van der Waals surface area contributed by atoms with E-state index in [4.69, 9.17) is 21.1 Å². The fourth-order valence-electron chi connectivity index (χ4n) is 3.14. The Balaban J connectivity index is 2.12. The van der Waals surface area contributed by atoms with Crippen LogP contribution < -0.4 is 13.8 Å². The molecule has 3 aromatic rings. The molecule has 0 heterocycles. The van der Waals surface area contributed by atoms with Crippen LogP contribution in [0.15, 0.2) is 71.6 Å². The van der Waals surface area contributed by atoms with E-state index in [9.17, 15) is 4.21 Å². The number of hydrogen-bond donors (Lipinski definition) is 0. The van der Waals surface area contributed by atoms with E-state index in [1.165, 1.54) is 0 Å². The van der Waals surface area contributed by atoms with Crippen molar-refractivity contribution in [3.63, 3.8) is 0 Å². The number of hydrogen-bond acceptors (Lipinski definition) is 3. The van der Waals surface area contributed by atoms with Gasteiger partial charge in [-0.2, -0.15) is 0 Å². The largest absolute Gasteiger partial charge is 0.497 e. The van der Waals surface area contributed by atoms with Gasteiger partial charge in [-0.15, -0.1) is 0 Å². The van der Waals surface area contributed by atoms with E-state index in [0.29, 0.717) is 21.4 Å². The summed E-state index contributed by atoms with van der Waals surface area (Å²) in [5.74, 6) is 1.41. The van der Waals surface area contributed by atoms with Gasteiger partial charge in [0.15, 0.2) is 11.0 Å². The van der Waals surface area contributed by atoms with Crippen LogP contribution >= 0.6 is 11.6 Å². The molecule has 3 aromatic carbocycles. The van der Waals surface area contributed by atoms with Gasteiger partial charge in [0.1, 0.15) is 11.5 Å². The molecule has 2 atom stereocenters. The lowest BCUT2D eigenvalue weighted by molar-refractivity contribution is 0.396. The molecule has 6 heteroatoms. The predicted octanol–water partition coefficient (Wildman–Crippen LogP) is 5.96. The highest BCUT2D eigenvalue weighted by molar-refractivity contribution is 7.86. The topological polar surface area (TPSA) is 38.8 Å². The maximum Gasteiger partial charge on any atom is 0.153 e. The highest BCUT2D eigenvalue weighted by Gasteiger charge is 2.26. The summed E-state index contributed by atoms with van der Waals surface area (Å²) in [4.78, 5) is 0.712. The van der Waals surface area contributed by atoms with Crippen LogP contribution in [0.5, 0.6) is 11.5 Å². The van der Waals surface area contributed by atoms with Crippen LogP contribution in [0.1, 0.15) is 24.1 Å². The van der Waals surface area contributed by atoms with Crippen LogP contribution in [0.25, 0.3) is 0 Å². The number of rotatable bonds is 7. The number of methoxy groups -OCH3 is 2. The van der Waals surface area contributed by atoms with Crippen LogP contribution in [0, 0.1) is 6.92 Å². The summed E-state index contributed by atoms with van der Waals surface area (Å²) in [5, 5.41) is 0.582. The minimum absolute atomic E-state index is 0.277. The Morgan fingerprint density at radius 2 is 1.69 bits per heavy atom. The molecule has 0 amide bonds. The molecule has 0 N–H and O–H groups in total. The Hall–Kier alpha value is -2.50. The molecule has 2 unspecified atom stereocenters. The molecule has 0 saturated carbocycles. The summed E-state index contributed by atoms with van der Waals surface area (Å²) < 4.78 is 26.5. The number of nitrogens with zero attached hydrogens (tertiary/aromatic N) is 1. The first-order chi connectivity index (χ1) is 13.9. The number of aryl methyl sites for hydroxylation is 1. The summed E-state index contributed by atoms with van der Waals surface area (Å²) in [7, 11) is 1.78. The highest BCUT2D eigenvalue weighted by Crippen LogP contribution is 2.37. The first-order valence-electron chi connectivity index (χ1n) is 9.20. The van der Waals surface area contributed by atoms with Crippen molar-refractivity contribution in [1.82, 2.24) is 0 Å². The van der Waals surface area contributed by atoms with Crippen molar-refractivity contribution >= 4 is 28.3 Å². The second kappa shape index (κ2) is 9.33. The number of benzene rings is 3. The van der Waals surface area contributed by atoms with E-state index >= 15 is 0 Å². The fraction of sp³-hybridized carbons (Fsp3) is 0.217. The molecule has 0 aliphatic heterocycles. The smallest absolute Gasteiger partial charge is 0.153 e. The van der Waals surface area contributed by atoms with Crippen LogP contribution in [0.4, 0.5) is 5.69 Å². The third-order valence-corrected chi connectivity index (χ3v) is 6.50. The molecular weight excluding hydrogens is 406 g/mol. The lowest BCUT2D eigenvalue weighted by Crippen LogP contribution is -2.29. The Morgan fingerprint density at radius 3 is 2.31 bits per heavy atom. The summed E-state index contributed by atoms with van der Waals surface area (Å²) in [6.45, 7) is 4.00. The molecule has 3 rings (SSSR count). The second-order valence-corrected chi connectivity index (χ2v) is 8.45. The molecule has 0 radical (unpaired) electrons. The molecular formula is C23H24ClNO3S. The monoisotopic (exact) mass is 429 g/mol. The first kappa shape index (κ1) is 21.2. The zero-order chi connectivity index (χ0) is 21.0. The van der Waals surface area contributed by atoms with Crippen molar-refractivity contribution in [3.05, 3.63) is 82.9 Å². The molecule has 0 aliphatic carbocycles. The molecule has 0 spiro atoms.